The number of aliphatic hydroxyl groups excluding tert-OH is 1. The zero-order valence-corrected chi connectivity index (χ0v) is 25.4. The van der Waals surface area contributed by atoms with Crippen LogP contribution in [-0.4, -0.2) is 55.5 Å². The summed E-state index contributed by atoms with van der Waals surface area (Å²) < 4.78 is 0. The lowest BCUT2D eigenvalue weighted by atomic mass is 9.86. The molecule has 0 spiro atoms. The Morgan fingerprint density at radius 2 is 1.64 bits per heavy atom. The van der Waals surface area contributed by atoms with Crippen LogP contribution in [0.2, 0.25) is 0 Å². The molecule has 5 N–H and O–H groups in total. The lowest BCUT2D eigenvalue weighted by Crippen LogP contribution is -2.24. The van der Waals surface area contributed by atoms with Gasteiger partial charge in [0.15, 0.2) is 0 Å². The van der Waals surface area contributed by atoms with Gasteiger partial charge in [-0.1, -0.05) is 26.5 Å². The van der Waals surface area contributed by atoms with Crippen LogP contribution >= 0.6 is 0 Å². The van der Waals surface area contributed by atoms with E-state index in [1.807, 2.05) is 13.8 Å². The van der Waals surface area contributed by atoms with E-state index in [-0.39, 0.29) is 29.8 Å². The van der Waals surface area contributed by atoms with Crippen molar-refractivity contribution in [1.82, 2.24) is 5.32 Å². The number of hydrogen-bond donors (Lipinski definition) is 5. The van der Waals surface area contributed by atoms with Crippen LogP contribution < -0.4 is 5.32 Å². The average Bonchev–Trinajstić information content (AvgIpc) is 3.67. The number of hydrogen-bond acceptors (Lipinski definition) is 8. The Morgan fingerprint density at radius 1 is 0.933 bits per heavy atom. The smallest absolute Gasteiger partial charge is 0.313 e. The molecule has 45 heavy (non-hydrogen) atoms. The number of rotatable bonds is 8. The van der Waals surface area contributed by atoms with Gasteiger partial charge in [-0.15, -0.1) is 0 Å². The van der Waals surface area contributed by atoms with Gasteiger partial charge in [-0.25, -0.2) is 15.0 Å². The van der Waals surface area contributed by atoms with Crippen molar-refractivity contribution in [3.63, 3.8) is 0 Å². The van der Waals surface area contributed by atoms with Gasteiger partial charge < -0.3 is 25.7 Å². The molecule has 11 nitrogen and oxygen atoms in total. The molecule has 0 aromatic rings. The Labute approximate surface area is 259 Å². The van der Waals surface area contributed by atoms with Crippen LogP contribution in [-0.2, 0) is 14.4 Å². The van der Waals surface area contributed by atoms with Crippen LogP contribution in [0.25, 0.3) is 0 Å². The minimum atomic E-state index is -1.19. The first-order valence-electron chi connectivity index (χ1n) is 14.6. The van der Waals surface area contributed by atoms with Gasteiger partial charge in [0.1, 0.15) is 5.92 Å². The van der Waals surface area contributed by atoms with Crippen molar-refractivity contribution in [2.24, 2.45) is 26.8 Å². The molecule has 5 heterocycles. The summed E-state index contributed by atoms with van der Waals surface area (Å²) in [7, 11) is 0. The quantitative estimate of drug-likeness (QED) is 0.224. The summed E-state index contributed by atoms with van der Waals surface area (Å²) in [5, 5.41) is 43.4. The van der Waals surface area contributed by atoms with Crippen LogP contribution in [0.15, 0.2) is 120 Å². The van der Waals surface area contributed by atoms with E-state index in [0.29, 0.717) is 57.4 Å². The van der Waals surface area contributed by atoms with Crippen LogP contribution in [0.4, 0.5) is 0 Å². The molecular formula is C34H34N4O7. The number of allylic oxidation sites excluding steroid dienone is 10. The molecule has 1 saturated heterocycles. The van der Waals surface area contributed by atoms with Crippen molar-refractivity contribution >= 4 is 35.0 Å². The summed E-state index contributed by atoms with van der Waals surface area (Å²) in [5.74, 6) is -5.12. The van der Waals surface area contributed by atoms with E-state index in [2.05, 4.69) is 11.9 Å². The molecule has 1 fully saturated rings. The molecule has 0 saturated carbocycles. The number of fused-ring (bicyclic) bond motifs is 5. The molecule has 11 heteroatoms. The van der Waals surface area contributed by atoms with Gasteiger partial charge in [-0.2, -0.15) is 0 Å². The van der Waals surface area contributed by atoms with Crippen LogP contribution in [0.3, 0.4) is 0 Å². The Morgan fingerprint density at radius 3 is 2.24 bits per heavy atom. The Balaban J connectivity index is 1.88. The van der Waals surface area contributed by atoms with E-state index in [4.69, 9.17) is 15.0 Å². The normalized spacial score (nSPS) is 23.5. The molecule has 0 amide bonds. The fourth-order valence-electron chi connectivity index (χ4n) is 6.35. The Bertz CT molecular complexity index is 1820. The first kappa shape index (κ1) is 31.1. The van der Waals surface area contributed by atoms with Crippen molar-refractivity contribution in [2.75, 3.05) is 0 Å². The third kappa shape index (κ3) is 5.45. The minimum Gasteiger partial charge on any atom is -0.515 e. The van der Waals surface area contributed by atoms with Gasteiger partial charge in [-0.3, -0.25) is 14.4 Å². The third-order valence-electron chi connectivity index (χ3n) is 8.71. The summed E-state index contributed by atoms with van der Waals surface area (Å²) in [5.41, 5.74) is 7.72. The number of nitrogens with one attached hydrogen (secondary N) is 1. The zero-order chi connectivity index (χ0) is 32.7. The van der Waals surface area contributed by atoms with E-state index in [1.54, 1.807) is 38.2 Å². The highest BCUT2D eigenvalue weighted by atomic mass is 16.4. The topological polar surface area (TPSA) is 181 Å². The van der Waals surface area contributed by atoms with E-state index >= 15 is 0 Å². The van der Waals surface area contributed by atoms with E-state index in [1.165, 1.54) is 0 Å². The molecule has 5 rings (SSSR count). The number of carbonyl (C=O) groups is 3. The number of aliphatic imine (C=N–C) groups is 3. The van der Waals surface area contributed by atoms with Gasteiger partial charge in [0.25, 0.3) is 0 Å². The maximum absolute atomic E-state index is 12.7. The monoisotopic (exact) mass is 610 g/mol. The average molecular weight is 611 g/mol. The third-order valence-corrected chi connectivity index (χ3v) is 8.71. The first-order valence-corrected chi connectivity index (χ1v) is 14.6. The Hall–Kier alpha value is -5.32. The fraction of sp³-hybridized carbons (Fsp3) is 0.294. The summed E-state index contributed by atoms with van der Waals surface area (Å²) in [6, 6.07) is 0. The number of carboxylic acid groups (broad SMARTS) is 3. The predicted octanol–water partition coefficient (Wildman–Crippen LogP) is 5.47. The lowest BCUT2D eigenvalue weighted by molar-refractivity contribution is -0.141. The van der Waals surface area contributed by atoms with Crippen molar-refractivity contribution < 1.29 is 34.8 Å². The molecule has 0 aromatic carbocycles. The molecule has 0 radical (unpaired) electrons. The molecule has 232 valence electrons. The second kappa shape index (κ2) is 12.0. The fourth-order valence-corrected chi connectivity index (χ4v) is 6.35. The number of aliphatic hydroxyl groups is 1. The molecule has 5 aliphatic rings. The van der Waals surface area contributed by atoms with Crippen molar-refractivity contribution in [2.45, 2.75) is 53.4 Å². The van der Waals surface area contributed by atoms with Gasteiger partial charge in [0.05, 0.1) is 46.9 Å². The zero-order valence-electron chi connectivity index (χ0n) is 25.4. The lowest BCUT2D eigenvalue weighted by Gasteiger charge is -2.17. The standard InChI is InChI=1S/C34H34N4O7/c1-6-18-15(3)23-11-24-16(4)20(8-9-29(40)41)32(37-24)21(10-30(42)43)33-31(34(44)45)17(5)25(38-33)12-27-19(7-2)22(14-39)28(36-27)13-26(18)35-23/h6,11-14,17,31,38-39H,1,7-10H2,2-5H3,(H,40,41)(H,42,43)(H,44,45)/b22-14-,24-11?,25-12?,26-13?,33-21?. The number of nitrogens with zero attached hydrogens (tertiary/aromatic N) is 3. The summed E-state index contributed by atoms with van der Waals surface area (Å²) >= 11 is 0. The van der Waals surface area contributed by atoms with Crippen molar-refractivity contribution in [3.8, 4) is 0 Å². The first-order chi connectivity index (χ1) is 21.4. The van der Waals surface area contributed by atoms with Gasteiger partial charge in [0.2, 0.25) is 0 Å². The van der Waals surface area contributed by atoms with Crippen LogP contribution in [0.5, 0.6) is 0 Å². The van der Waals surface area contributed by atoms with Crippen LogP contribution in [0.1, 0.15) is 53.4 Å². The van der Waals surface area contributed by atoms with Gasteiger partial charge in [0, 0.05) is 40.5 Å². The van der Waals surface area contributed by atoms with Crippen molar-refractivity contribution in [1.29, 1.82) is 0 Å². The van der Waals surface area contributed by atoms with E-state index in [0.717, 1.165) is 23.0 Å². The van der Waals surface area contributed by atoms with Gasteiger partial charge >= 0.3 is 17.9 Å². The number of aliphatic carboxylic acids is 3. The number of carboxylic acids is 3. The molecule has 8 bridgehead atoms. The molecular weight excluding hydrogens is 576 g/mol. The summed E-state index contributed by atoms with van der Waals surface area (Å²) in [6.45, 7) is 11.3. The highest BCUT2D eigenvalue weighted by molar-refractivity contribution is 6.20. The molecule has 0 aliphatic carbocycles. The van der Waals surface area contributed by atoms with Crippen molar-refractivity contribution in [3.05, 3.63) is 105 Å². The predicted molar refractivity (Wildman–Crippen MR) is 170 cm³/mol. The summed E-state index contributed by atoms with van der Waals surface area (Å²) in [6.07, 6.45) is 7.76. The summed E-state index contributed by atoms with van der Waals surface area (Å²) in [4.78, 5) is 51.1. The molecule has 2 atom stereocenters. The van der Waals surface area contributed by atoms with Crippen LogP contribution in [0, 0.1) is 11.8 Å². The maximum Gasteiger partial charge on any atom is 0.313 e. The molecule has 5 aliphatic heterocycles. The molecule has 2 unspecified atom stereocenters. The second-order valence-electron chi connectivity index (χ2n) is 11.3. The molecule has 0 aromatic heterocycles. The Kier molecular flexibility index (Phi) is 8.29. The van der Waals surface area contributed by atoms with E-state index < -0.39 is 36.2 Å². The van der Waals surface area contributed by atoms with Gasteiger partial charge in [-0.05, 0) is 67.2 Å². The SMILES string of the molecule is C=CC1=C(C)C2=NC1=CC1=NC(=C(CC)/C1=C/O)C=C1NC(=C(CC(=O)O)C3=NC(=C2)C(C)=C3CCC(=O)O)C(C(=O)O)C1C. The maximum atomic E-state index is 12.7. The minimum absolute atomic E-state index is 0.0638. The largest absolute Gasteiger partial charge is 0.515 e. The second-order valence-corrected chi connectivity index (χ2v) is 11.3. The van der Waals surface area contributed by atoms with E-state index in [9.17, 15) is 34.8 Å². The highest BCUT2D eigenvalue weighted by Gasteiger charge is 2.42. The highest BCUT2D eigenvalue weighted by Crippen LogP contribution is 2.42.